The summed E-state index contributed by atoms with van der Waals surface area (Å²) in [5, 5.41) is 11.6. The molecule has 0 unspecified atom stereocenters. The molecule has 9 heteroatoms. The fourth-order valence-electron chi connectivity index (χ4n) is 3.75. The summed E-state index contributed by atoms with van der Waals surface area (Å²) < 4.78 is 15.7. The number of hydrogen-bond donors (Lipinski definition) is 2. The van der Waals surface area contributed by atoms with Crippen LogP contribution in [0.1, 0.15) is 25.0 Å². The summed E-state index contributed by atoms with van der Waals surface area (Å²) in [4.78, 5) is 23.7. The molecule has 0 spiro atoms. The van der Waals surface area contributed by atoms with Gasteiger partial charge in [-0.25, -0.2) is 9.37 Å². The third-order valence-corrected chi connectivity index (χ3v) is 5.49. The number of nitrogens with zero attached hydrogens (tertiary/aromatic N) is 5. The van der Waals surface area contributed by atoms with Gasteiger partial charge in [-0.3, -0.25) is 14.2 Å². The van der Waals surface area contributed by atoms with E-state index < -0.39 is 0 Å². The Bertz CT molecular complexity index is 1230. The Morgan fingerprint density at radius 2 is 2.10 bits per heavy atom. The number of pyridine rings is 1. The molecule has 0 amide bonds. The van der Waals surface area contributed by atoms with Gasteiger partial charge in [0.1, 0.15) is 23.0 Å². The molecule has 0 saturated heterocycles. The fourth-order valence-corrected chi connectivity index (χ4v) is 3.75. The molecular weight excluding hydrogens is 373 g/mol. The van der Waals surface area contributed by atoms with E-state index in [1.807, 2.05) is 0 Å². The maximum atomic E-state index is 14.2. The lowest BCUT2D eigenvalue weighted by atomic mass is 9.66. The number of fused-ring (bicyclic) bond motifs is 1. The highest BCUT2D eigenvalue weighted by Gasteiger charge is 2.41. The van der Waals surface area contributed by atoms with Crippen LogP contribution in [-0.4, -0.2) is 36.1 Å². The molecule has 1 saturated carbocycles. The summed E-state index contributed by atoms with van der Waals surface area (Å²) in [5.41, 5.74) is 0.939. The van der Waals surface area contributed by atoms with Crippen LogP contribution in [0, 0.1) is 5.82 Å². The van der Waals surface area contributed by atoms with Gasteiger partial charge in [-0.15, -0.1) is 10.2 Å². The summed E-state index contributed by atoms with van der Waals surface area (Å²) in [6.45, 7) is 0.531. The highest BCUT2D eigenvalue weighted by molar-refractivity contribution is 5.56. The van der Waals surface area contributed by atoms with E-state index in [1.54, 1.807) is 36.8 Å². The molecule has 4 aromatic rings. The van der Waals surface area contributed by atoms with Gasteiger partial charge >= 0.3 is 0 Å². The van der Waals surface area contributed by atoms with E-state index in [-0.39, 0.29) is 16.8 Å². The average molecular weight is 391 g/mol. The zero-order valence-corrected chi connectivity index (χ0v) is 15.5. The lowest BCUT2D eigenvalue weighted by molar-refractivity contribution is 0.243. The monoisotopic (exact) mass is 391 g/mol. The smallest absolute Gasteiger partial charge is 0.259 e. The number of aromatic nitrogens is 6. The third-order valence-electron chi connectivity index (χ3n) is 5.49. The summed E-state index contributed by atoms with van der Waals surface area (Å²) in [5.74, 6) is 0.752. The van der Waals surface area contributed by atoms with Crippen LogP contribution >= 0.6 is 0 Å². The van der Waals surface area contributed by atoms with Crippen LogP contribution in [0.25, 0.3) is 17.2 Å². The van der Waals surface area contributed by atoms with E-state index in [0.717, 1.165) is 19.3 Å². The maximum absolute atomic E-state index is 14.2. The van der Waals surface area contributed by atoms with Crippen LogP contribution in [0.4, 0.5) is 10.2 Å². The SMILES string of the molecule is O=c1cc(-c2ccc(NCC3(c4ncccc4F)CCC3)nn2)nc2[nH]ccn12. The summed E-state index contributed by atoms with van der Waals surface area (Å²) in [6, 6.07) is 8.01. The highest BCUT2D eigenvalue weighted by atomic mass is 19.1. The molecule has 8 nitrogen and oxygen atoms in total. The molecule has 1 aliphatic rings. The van der Waals surface area contributed by atoms with Crippen LogP contribution in [0.3, 0.4) is 0 Å². The normalized spacial score (nSPS) is 15.2. The Morgan fingerprint density at radius 3 is 2.83 bits per heavy atom. The van der Waals surface area contributed by atoms with Gasteiger partial charge < -0.3 is 10.3 Å². The molecule has 4 heterocycles. The first kappa shape index (κ1) is 17.5. The largest absolute Gasteiger partial charge is 0.368 e. The van der Waals surface area contributed by atoms with Crippen molar-refractivity contribution in [2.45, 2.75) is 24.7 Å². The van der Waals surface area contributed by atoms with E-state index in [9.17, 15) is 9.18 Å². The first-order valence-corrected chi connectivity index (χ1v) is 9.40. The lowest BCUT2D eigenvalue weighted by Crippen LogP contribution is -2.42. The van der Waals surface area contributed by atoms with Gasteiger partial charge in [0.2, 0.25) is 5.78 Å². The first-order chi connectivity index (χ1) is 14.1. The van der Waals surface area contributed by atoms with Gasteiger partial charge in [0.25, 0.3) is 5.56 Å². The molecule has 4 aromatic heterocycles. The maximum Gasteiger partial charge on any atom is 0.259 e. The number of rotatable bonds is 5. The molecule has 0 atom stereocenters. The van der Waals surface area contributed by atoms with Crippen LogP contribution in [0.5, 0.6) is 0 Å². The van der Waals surface area contributed by atoms with Crippen molar-refractivity contribution in [3.05, 3.63) is 70.8 Å². The van der Waals surface area contributed by atoms with Gasteiger partial charge in [-0.05, 0) is 37.1 Å². The van der Waals surface area contributed by atoms with Gasteiger partial charge in [0, 0.05) is 36.6 Å². The Balaban J connectivity index is 1.35. The average Bonchev–Trinajstić information content (AvgIpc) is 3.18. The molecule has 0 radical (unpaired) electrons. The standard InChI is InChI=1S/C20H18FN7O/c21-13-3-1-8-22-18(13)20(6-2-7-20)12-24-16-5-4-14(26-27-16)15-11-17(29)28-10-9-23-19(28)25-15/h1,3-5,8-11H,2,6-7,12H2,(H,23,25)(H,24,27). The topological polar surface area (TPSA) is 101 Å². The minimum absolute atomic E-state index is 0.195. The summed E-state index contributed by atoms with van der Waals surface area (Å²) in [6.07, 6.45) is 7.70. The minimum Gasteiger partial charge on any atom is -0.368 e. The number of H-pyrrole nitrogens is 1. The number of imidazole rings is 1. The molecule has 1 fully saturated rings. The Morgan fingerprint density at radius 1 is 1.21 bits per heavy atom. The quantitative estimate of drug-likeness (QED) is 0.542. The number of aromatic amines is 1. The molecule has 0 aliphatic heterocycles. The van der Waals surface area contributed by atoms with Gasteiger partial charge in [0.05, 0.1) is 5.69 Å². The molecule has 0 aromatic carbocycles. The van der Waals surface area contributed by atoms with Crippen molar-refractivity contribution in [3.8, 4) is 11.4 Å². The summed E-state index contributed by atoms with van der Waals surface area (Å²) in [7, 11) is 0. The van der Waals surface area contributed by atoms with E-state index in [4.69, 9.17) is 0 Å². The molecule has 0 bridgehead atoms. The van der Waals surface area contributed by atoms with Crippen molar-refractivity contribution >= 4 is 11.6 Å². The summed E-state index contributed by atoms with van der Waals surface area (Å²) >= 11 is 0. The molecular formula is C20H18FN7O. The van der Waals surface area contributed by atoms with Gasteiger partial charge in [-0.1, -0.05) is 6.42 Å². The van der Waals surface area contributed by atoms with E-state index in [2.05, 4.69) is 30.5 Å². The number of hydrogen-bond acceptors (Lipinski definition) is 6. The second-order valence-electron chi connectivity index (χ2n) is 7.26. The minimum atomic E-state index is -0.319. The first-order valence-electron chi connectivity index (χ1n) is 9.40. The predicted molar refractivity (Wildman–Crippen MR) is 105 cm³/mol. The van der Waals surface area contributed by atoms with Crippen LogP contribution in [-0.2, 0) is 5.41 Å². The van der Waals surface area contributed by atoms with Gasteiger partial charge in [-0.2, -0.15) is 0 Å². The molecule has 146 valence electrons. The van der Waals surface area contributed by atoms with Crippen molar-refractivity contribution in [2.24, 2.45) is 0 Å². The molecule has 29 heavy (non-hydrogen) atoms. The van der Waals surface area contributed by atoms with Gasteiger partial charge in [0.15, 0.2) is 0 Å². The molecule has 1 aliphatic carbocycles. The van der Waals surface area contributed by atoms with Crippen molar-refractivity contribution in [3.63, 3.8) is 0 Å². The van der Waals surface area contributed by atoms with Crippen molar-refractivity contribution in [1.29, 1.82) is 0 Å². The number of nitrogens with one attached hydrogen (secondary N) is 2. The second kappa shape index (κ2) is 6.77. The fraction of sp³-hybridized carbons (Fsp3) is 0.250. The third kappa shape index (κ3) is 3.04. The van der Waals surface area contributed by atoms with E-state index >= 15 is 0 Å². The number of anilines is 1. The number of halogens is 1. The van der Waals surface area contributed by atoms with Crippen molar-refractivity contribution in [2.75, 3.05) is 11.9 Å². The van der Waals surface area contributed by atoms with Crippen LogP contribution in [0.15, 0.2) is 53.7 Å². The zero-order valence-electron chi connectivity index (χ0n) is 15.5. The predicted octanol–water partition coefficient (Wildman–Crippen LogP) is 2.55. The van der Waals surface area contributed by atoms with E-state index in [0.29, 0.717) is 35.2 Å². The second-order valence-corrected chi connectivity index (χ2v) is 7.26. The van der Waals surface area contributed by atoms with Crippen molar-refractivity contribution < 1.29 is 4.39 Å². The highest BCUT2D eigenvalue weighted by Crippen LogP contribution is 2.43. The van der Waals surface area contributed by atoms with E-state index in [1.165, 1.54) is 16.5 Å². The van der Waals surface area contributed by atoms with Crippen LogP contribution in [0.2, 0.25) is 0 Å². The van der Waals surface area contributed by atoms with Crippen molar-refractivity contribution in [1.82, 2.24) is 29.5 Å². The Labute approximate surface area is 164 Å². The molecule has 2 N–H and O–H groups in total. The van der Waals surface area contributed by atoms with Crippen LogP contribution < -0.4 is 10.9 Å². The Hall–Kier alpha value is -3.62. The Kier molecular flexibility index (Phi) is 4.08. The molecule has 5 rings (SSSR count). The zero-order chi connectivity index (χ0) is 19.8. The lowest BCUT2D eigenvalue weighted by Gasteiger charge is -2.41.